The predicted octanol–water partition coefficient (Wildman–Crippen LogP) is -0.902. The van der Waals surface area contributed by atoms with Gasteiger partial charge in [0.15, 0.2) is 28.6 Å². The SMILES string of the molecule is CN=C(C)CCC(=O)OCCOCCCOCCOC(=O)CCC(C)=NCC(=O)CC(O)(CC(=O)CN=C(C)CCC(=O)OCCOCCCOCCOC(=O)CCC(C)=NCC(=O)CC(O)(CC(=O)CNC)C(=O)NN)C(=O)NN. The molecule has 0 saturated heterocycles. The second-order valence-corrected chi connectivity index (χ2v) is 18.6. The van der Waals surface area contributed by atoms with Crippen LogP contribution in [-0.2, 0) is 85.8 Å². The van der Waals surface area contributed by atoms with E-state index in [1.54, 1.807) is 38.7 Å². The number of likely N-dealkylation sites (N-methyl/N-ethyl adjacent to an activating group) is 1. The second-order valence-electron chi connectivity index (χ2n) is 18.6. The summed E-state index contributed by atoms with van der Waals surface area (Å²) < 4.78 is 42.3. The summed E-state index contributed by atoms with van der Waals surface area (Å²) in [4.78, 5) is 139. The van der Waals surface area contributed by atoms with E-state index in [1.807, 2.05) is 6.92 Å². The Morgan fingerprint density at radius 1 is 0.407 bits per heavy atom. The Hall–Kier alpha value is -6.18. The molecule has 9 N–H and O–H groups in total. The molecule has 2 amide bonds. The van der Waals surface area contributed by atoms with Gasteiger partial charge in [0.25, 0.3) is 11.8 Å². The van der Waals surface area contributed by atoms with Crippen molar-refractivity contribution in [3.63, 3.8) is 0 Å². The number of hydrazine groups is 2. The smallest absolute Gasteiger partial charge is 0.306 e. The number of aliphatic hydroxyl groups is 2. The molecular formula is C52H87N9O20. The van der Waals surface area contributed by atoms with E-state index in [0.717, 1.165) is 5.71 Å². The van der Waals surface area contributed by atoms with Crippen LogP contribution in [0.5, 0.6) is 0 Å². The molecule has 0 heterocycles. The Morgan fingerprint density at radius 3 is 0.938 bits per heavy atom. The third-order valence-electron chi connectivity index (χ3n) is 11.3. The molecule has 29 nitrogen and oxygen atoms in total. The molecule has 0 saturated carbocycles. The molecule has 0 fully saturated rings. The zero-order valence-electron chi connectivity index (χ0n) is 47.9. The van der Waals surface area contributed by atoms with Crippen LogP contribution in [0.1, 0.15) is 118 Å². The number of carbonyl (C=O) groups is 10. The molecule has 0 aromatic rings. The fraction of sp³-hybridized carbons (Fsp3) is 0.731. The summed E-state index contributed by atoms with van der Waals surface area (Å²) in [6.07, 6.45) is -0.516. The summed E-state index contributed by atoms with van der Waals surface area (Å²) in [5, 5.41) is 24.2. The number of ketones is 4. The molecule has 460 valence electrons. The molecule has 0 radical (unpaired) electrons. The molecule has 2 unspecified atom stereocenters. The van der Waals surface area contributed by atoms with Gasteiger partial charge in [0.1, 0.15) is 32.2 Å². The minimum absolute atomic E-state index is 0.00190. The maximum atomic E-state index is 12.8. The lowest BCUT2D eigenvalue weighted by molar-refractivity contribution is -0.148. The highest BCUT2D eigenvalue weighted by atomic mass is 16.6. The van der Waals surface area contributed by atoms with Gasteiger partial charge in [0.05, 0.1) is 78.3 Å². The highest BCUT2D eigenvalue weighted by molar-refractivity contribution is 5.99. The number of Topliss-reactive ketones (excluding diaryl/α,β-unsaturated/α-hetero) is 4. The van der Waals surface area contributed by atoms with E-state index in [2.05, 4.69) is 25.3 Å². The zero-order chi connectivity index (χ0) is 60.9. The monoisotopic (exact) mass is 1160 g/mol. The number of nitrogens with one attached hydrogen (secondary N) is 3. The van der Waals surface area contributed by atoms with Crippen molar-refractivity contribution in [2.45, 2.75) is 129 Å². The number of esters is 4. The molecular weight excluding hydrogens is 1070 g/mol. The van der Waals surface area contributed by atoms with E-state index in [0.29, 0.717) is 62.8 Å². The van der Waals surface area contributed by atoms with Gasteiger partial charge >= 0.3 is 23.9 Å². The molecule has 81 heavy (non-hydrogen) atoms. The summed E-state index contributed by atoms with van der Waals surface area (Å²) in [6.45, 7) is 7.47. The van der Waals surface area contributed by atoms with E-state index in [1.165, 1.54) is 7.05 Å². The number of hydrogen-bond donors (Lipinski definition) is 7. The topological polar surface area (TPSA) is 423 Å². The van der Waals surface area contributed by atoms with Crippen molar-refractivity contribution >= 4 is 81.7 Å². The molecule has 0 aliphatic carbocycles. The maximum absolute atomic E-state index is 12.8. The Morgan fingerprint density at radius 2 is 0.679 bits per heavy atom. The lowest BCUT2D eigenvalue weighted by Gasteiger charge is -2.24. The molecule has 0 spiro atoms. The van der Waals surface area contributed by atoms with Crippen molar-refractivity contribution in [3.05, 3.63) is 0 Å². The maximum Gasteiger partial charge on any atom is 0.306 e. The van der Waals surface area contributed by atoms with Crippen LogP contribution in [0.25, 0.3) is 0 Å². The largest absolute Gasteiger partial charge is 0.463 e. The highest BCUT2D eigenvalue weighted by Gasteiger charge is 2.41. The standard InChI is InChI=1S/C52H87N9O20/c1-37(56-6)9-13-45(66)78-25-21-74-17-7-18-75-22-26-80-47(68)15-11-39(3)58-35-43(64)31-52(73,50(71)61-54)32-44(65)36-59-40(4)12-16-48(69)81-28-24-77-20-8-19-76-23-27-79-46(67)14-10-38(2)57-34-42(63)30-51(72,49(70)60-53)29-41(62)33-55-5/h55,72-73H,7-36,53-54H2,1-6H3,(H,60,70)(H,61,71). The summed E-state index contributed by atoms with van der Waals surface area (Å²) in [7, 11) is 3.18. The van der Waals surface area contributed by atoms with Crippen LogP contribution in [0.15, 0.2) is 20.0 Å². The van der Waals surface area contributed by atoms with Gasteiger partial charge in [-0.25, -0.2) is 11.7 Å². The van der Waals surface area contributed by atoms with Crippen LogP contribution < -0.4 is 27.9 Å². The number of hydrogen-bond acceptors (Lipinski definition) is 27. The minimum Gasteiger partial charge on any atom is -0.463 e. The first kappa shape index (κ1) is 74.8. The molecule has 0 aliphatic heterocycles. The first-order valence-electron chi connectivity index (χ1n) is 26.6. The van der Waals surface area contributed by atoms with Gasteiger partial charge in [-0.2, -0.15) is 0 Å². The Bertz CT molecular complexity index is 2120. The zero-order valence-corrected chi connectivity index (χ0v) is 47.9. The molecule has 2 atom stereocenters. The first-order chi connectivity index (χ1) is 38.5. The summed E-state index contributed by atoms with van der Waals surface area (Å²) >= 11 is 0. The number of carbonyl (C=O) groups excluding carboxylic acids is 10. The van der Waals surface area contributed by atoms with Crippen LogP contribution in [0.4, 0.5) is 0 Å². The molecule has 0 aromatic carbocycles. The third kappa shape index (κ3) is 39.8. The Kier molecular flexibility index (Phi) is 42.0. The molecule has 29 heteroatoms. The van der Waals surface area contributed by atoms with E-state index in [-0.39, 0.29) is 117 Å². The van der Waals surface area contributed by atoms with Gasteiger partial charge in [0, 0.05) is 82.0 Å². The van der Waals surface area contributed by atoms with Crippen molar-refractivity contribution in [3.8, 4) is 0 Å². The fourth-order valence-electron chi connectivity index (χ4n) is 6.68. The van der Waals surface area contributed by atoms with Crippen molar-refractivity contribution < 1.29 is 96.1 Å². The summed E-state index contributed by atoms with van der Waals surface area (Å²) in [5.74, 6) is 3.79. The normalized spacial score (nSPS) is 13.6. The van der Waals surface area contributed by atoms with Gasteiger partial charge < -0.3 is 53.4 Å². The average Bonchev–Trinajstić information content (AvgIpc) is 3.47. The van der Waals surface area contributed by atoms with Gasteiger partial charge in [0.2, 0.25) is 0 Å². The van der Waals surface area contributed by atoms with E-state index < -0.39 is 103 Å². The molecule has 0 aliphatic rings. The van der Waals surface area contributed by atoms with Crippen LogP contribution in [0.2, 0.25) is 0 Å². The van der Waals surface area contributed by atoms with Crippen LogP contribution in [0.3, 0.4) is 0 Å². The quantitative estimate of drug-likeness (QED) is 0.00738. The number of nitrogens with zero attached hydrogens (tertiary/aromatic N) is 4. The molecule has 0 rings (SSSR count). The number of amides is 2. The van der Waals surface area contributed by atoms with Gasteiger partial charge in [-0.15, -0.1) is 0 Å². The molecule has 0 aromatic heterocycles. The second kappa shape index (κ2) is 45.4. The number of ether oxygens (including phenoxy) is 8. The van der Waals surface area contributed by atoms with Gasteiger partial charge in [-0.3, -0.25) is 78.8 Å². The van der Waals surface area contributed by atoms with Crippen LogP contribution >= 0.6 is 0 Å². The molecule has 0 bridgehead atoms. The summed E-state index contributed by atoms with van der Waals surface area (Å²) in [6, 6.07) is 0. The van der Waals surface area contributed by atoms with E-state index in [4.69, 9.17) is 49.6 Å². The third-order valence-corrected chi connectivity index (χ3v) is 11.3. The number of rotatable bonds is 50. The van der Waals surface area contributed by atoms with Crippen molar-refractivity contribution in [1.82, 2.24) is 16.2 Å². The minimum atomic E-state index is -2.48. The predicted molar refractivity (Wildman–Crippen MR) is 293 cm³/mol. The van der Waals surface area contributed by atoms with Gasteiger partial charge in [-0.05, 0) is 73.3 Å². The highest BCUT2D eigenvalue weighted by Crippen LogP contribution is 2.19. The Labute approximate surface area is 472 Å². The lowest BCUT2D eigenvalue weighted by Crippen LogP contribution is -2.52. The van der Waals surface area contributed by atoms with Crippen LogP contribution in [0, 0.1) is 0 Å². The summed E-state index contributed by atoms with van der Waals surface area (Å²) in [5.41, 5.74) is 0.914. The number of aliphatic imine (C=N–C) groups is 4. The first-order valence-corrected chi connectivity index (χ1v) is 26.6. The van der Waals surface area contributed by atoms with Gasteiger partial charge in [-0.1, -0.05) is 0 Å². The lowest BCUT2D eigenvalue weighted by atomic mass is 9.90. The van der Waals surface area contributed by atoms with Crippen molar-refractivity contribution in [2.24, 2.45) is 31.7 Å². The van der Waals surface area contributed by atoms with E-state index >= 15 is 0 Å². The Balaban J connectivity index is 4.30. The average molecular weight is 1160 g/mol. The number of nitrogens with two attached hydrogens (primary N) is 2. The van der Waals surface area contributed by atoms with Crippen molar-refractivity contribution in [1.29, 1.82) is 0 Å². The van der Waals surface area contributed by atoms with E-state index in [9.17, 15) is 58.2 Å². The van der Waals surface area contributed by atoms with Crippen LogP contribution in [-0.4, -0.2) is 223 Å². The fourth-order valence-corrected chi connectivity index (χ4v) is 6.68. The van der Waals surface area contributed by atoms with Crippen molar-refractivity contribution in [2.75, 3.05) is 120 Å².